The molecule has 1 fully saturated rings. The quantitative estimate of drug-likeness (QED) is 0.696. The van der Waals surface area contributed by atoms with Crippen molar-refractivity contribution < 1.29 is 18.3 Å². The average molecular weight is 270 g/mol. The van der Waals surface area contributed by atoms with Gasteiger partial charge in [0.1, 0.15) is 4.90 Å². The molecule has 0 radical (unpaired) electrons. The van der Waals surface area contributed by atoms with E-state index in [2.05, 4.69) is 4.72 Å². The molecular formula is C11H14N2O4S. The van der Waals surface area contributed by atoms with E-state index in [1.54, 1.807) is 0 Å². The van der Waals surface area contributed by atoms with Gasteiger partial charge in [-0.05, 0) is 30.5 Å². The van der Waals surface area contributed by atoms with E-state index in [1.165, 1.54) is 12.1 Å². The standard InChI is InChI=1S/C11H14N2O4S/c1-6-4-9(6)13-18(16,17)10-3-2-7(11(14)15)5-8(10)12/h2-3,5-6,9,13H,4,12H2,1H3,(H,14,15). The number of hydrogen-bond acceptors (Lipinski definition) is 4. The fourth-order valence-corrected chi connectivity index (χ4v) is 3.15. The first-order chi connectivity index (χ1) is 8.31. The average Bonchev–Trinajstić information content (AvgIpc) is 2.92. The van der Waals surface area contributed by atoms with E-state index in [-0.39, 0.29) is 22.2 Å². The Hall–Kier alpha value is -1.60. The summed E-state index contributed by atoms with van der Waals surface area (Å²) in [5, 5.41) is 8.77. The van der Waals surface area contributed by atoms with Crippen molar-refractivity contribution in [2.45, 2.75) is 24.3 Å². The normalized spacial score (nSPS) is 22.7. The van der Waals surface area contributed by atoms with Gasteiger partial charge in [-0.2, -0.15) is 0 Å². The highest BCUT2D eigenvalue weighted by Crippen LogP contribution is 2.31. The van der Waals surface area contributed by atoms with E-state index >= 15 is 0 Å². The second-order valence-corrected chi connectivity index (χ2v) is 6.18. The third-order valence-corrected chi connectivity index (χ3v) is 4.53. The Balaban J connectivity index is 2.30. The number of carboxylic acids is 1. The van der Waals surface area contributed by atoms with Crippen LogP contribution in [0.3, 0.4) is 0 Å². The Morgan fingerprint density at radius 1 is 1.50 bits per heavy atom. The fraction of sp³-hybridized carbons (Fsp3) is 0.364. The number of hydrogen-bond donors (Lipinski definition) is 3. The van der Waals surface area contributed by atoms with E-state index in [4.69, 9.17) is 10.8 Å². The Morgan fingerprint density at radius 3 is 2.56 bits per heavy atom. The third kappa shape index (κ3) is 2.46. The summed E-state index contributed by atoms with van der Waals surface area (Å²) in [6.45, 7) is 1.95. The molecule has 0 heterocycles. The lowest BCUT2D eigenvalue weighted by molar-refractivity contribution is 0.0697. The zero-order valence-corrected chi connectivity index (χ0v) is 10.6. The van der Waals surface area contributed by atoms with Crippen molar-refractivity contribution in [3.63, 3.8) is 0 Å². The van der Waals surface area contributed by atoms with E-state index in [1.807, 2.05) is 6.92 Å². The van der Waals surface area contributed by atoms with Crippen LogP contribution in [-0.2, 0) is 10.0 Å². The lowest BCUT2D eigenvalue weighted by Gasteiger charge is -2.09. The van der Waals surface area contributed by atoms with Crippen molar-refractivity contribution in [3.8, 4) is 0 Å². The summed E-state index contributed by atoms with van der Waals surface area (Å²) < 4.78 is 26.5. The molecule has 2 atom stereocenters. The predicted octanol–water partition coefficient (Wildman–Crippen LogP) is 0.654. The number of nitrogen functional groups attached to an aromatic ring is 1. The topological polar surface area (TPSA) is 109 Å². The number of rotatable bonds is 4. The summed E-state index contributed by atoms with van der Waals surface area (Å²) in [5.41, 5.74) is 5.50. The van der Waals surface area contributed by atoms with Crippen LogP contribution >= 0.6 is 0 Å². The molecular weight excluding hydrogens is 256 g/mol. The molecule has 2 rings (SSSR count). The molecule has 18 heavy (non-hydrogen) atoms. The Labute approximate surface area is 105 Å². The summed E-state index contributed by atoms with van der Waals surface area (Å²) in [7, 11) is -3.67. The SMILES string of the molecule is CC1CC1NS(=O)(=O)c1ccc(C(=O)O)cc1N. The maximum absolute atomic E-state index is 12.0. The highest BCUT2D eigenvalue weighted by molar-refractivity contribution is 7.89. The zero-order chi connectivity index (χ0) is 13.5. The molecule has 1 aliphatic carbocycles. The number of aromatic carboxylic acids is 1. The van der Waals surface area contributed by atoms with Gasteiger partial charge in [0.15, 0.2) is 0 Å². The van der Waals surface area contributed by atoms with Crippen LogP contribution in [0.1, 0.15) is 23.7 Å². The molecule has 1 saturated carbocycles. The Morgan fingerprint density at radius 2 is 2.11 bits per heavy atom. The maximum Gasteiger partial charge on any atom is 0.335 e. The van der Waals surface area contributed by atoms with Crippen LogP contribution < -0.4 is 10.5 Å². The summed E-state index contributed by atoms with van der Waals surface area (Å²) >= 11 is 0. The van der Waals surface area contributed by atoms with Gasteiger partial charge in [-0.1, -0.05) is 6.92 Å². The number of carbonyl (C=O) groups is 1. The lowest BCUT2D eigenvalue weighted by Crippen LogP contribution is -2.27. The number of sulfonamides is 1. The summed E-state index contributed by atoms with van der Waals surface area (Å²) in [6, 6.07) is 3.54. The molecule has 0 bridgehead atoms. The number of nitrogens with two attached hydrogens (primary N) is 1. The van der Waals surface area contributed by atoms with E-state index in [0.717, 1.165) is 12.5 Å². The van der Waals surface area contributed by atoms with Crippen molar-refractivity contribution in [1.82, 2.24) is 4.72 Å². The van der Waals surface area contributed by atoms with Crippen molar-refractivity contribution in [2.75, 3.05) is 5.73 Å². The summed E-state index contributed by atoms with van der Waals surface area (Å²) in [4.78, 5) is 10.6. The van der Waals surface area contributed by atoms with Gasteiger partial charge >= 0.3 is 5.97 Å². The zero-order valence-electron chi connectivity index (χ0n) is 9.75. The van der Waals surface area contributed by atoms with Gasteiger partial charge < -0.3 is 10.8 Å². The van der Waals surface area contributed by atoms with Crippen molar-refractivity contribution in [2.24, 2.45) is 5.92 Å². The van der Waals surface area contributed by atoms with Crippen molar-refractivity contribution in [3.05, 3.63) is 23.8 Å². The minimum absolute atomic E-state index is 0.0359. The first-order valence-corrected chi connectivity index (χ1v) is 6.95. The first-order valence-electron chi connectivity index (χ1n) is 5.46. The fourth-order valence-electron chi connectivity index (χ4n) is 1.68. The second kappa shape index (κ2) is 4.25. The molecule has 0 aliphatic heterocycles. The van der Waals surface area contributed by atoms with Gasteiger partial charge in [-0.15, -0.1) is 0 Å². The van der Waals surface area contributed by atoms with Gasteiger partial charge in [0.2, 0.25) is 10.0 Å². The molecule has 4 N–H and O–H groups in total. The van der Waals surface area contributed by atoms with Gasteiger partial charge in [0.25, 0.3) is 0 Å². The molecule has 6 nitrogen and oxygen atoms in total. The van der Waals surface area contributed by atoms with Crippen LogP contribution in [0.25, 0.3) is 0 Å². The smallest absolute Gasteiger partial charge is 0.335 e. The predicted molar refractivity (Wildman–Crippen MR) is 65.7 cm³/mol. The highest BCUT2D eigenvalue weighted by Gasteiger charge is 2.36. The largest absolute Gasteiger partial charge is 0.478 e. The highest BCUT2D eigenvalue weighted by atomic mass is 32.2. The molecule has 0 spiro atoms. The molecule has 0 saturated heterocycles. The molecule has 1 aliphatic rings. The van der Waals surface area contributed by atoms with Gasteiger partial charge in [0.05, 0.1) is 11.3 Å². The second-order valence-electron chi connectivity index (χ2n) is 4.50. The van der Waals surface area contributed by atoms with Gasteiger partial charge in [0, 0.05) is 6.04 Å². The lowest BCUT2D eigenvalue weighted by atomic mass is 10.2. The molecule has 0 aromatic heterocycles. The number of anilines is 1. The van der Waals surface area contributed by atoms with Crippen LogP contribution in [0.5, 0.6) is 0 Å². The van der Waals surface area contributed by atoms with E-state index in [9.17, 15) is 13.2 Å². The summed E-state index contributed by atoms with van der Waals surface area (Å²) in [6.07, 6.45) is 0.812. The van der Waals surface area contributed by atoms with Crippen LogP contribution in [0.4, 0.5) is 5.69 Å². The van der Waals surface area contributed by atoms with E-state index in [0.29, 0.717) is 5.92 Å². The van der Waals surface area contributed by atoms with Crippen LogP contribution in [0, 0.1) is 5.92 Å². The van der Waals surface area contributed by atoms with Crippen LogP contribution in [-0.4, -0.2) is 25.5 Å². The Kier molecular flexibility index (Phi) is 3.04. The monoisotopic (exact) mass is 270 g/mol. The van der Waals surface area contributed by atoms with Crippen LogP contribution in [0.2, 0.25) is 0 Å². The number of nitrogens with one attached hydrogen (secondary N) is 1. The molecule has 2 unspecified atom stereocenters. The third-order valence-electron chi connectivity index (χ3n) is 2.96. The molecule has 98 valence electrons. The van der Waals surface area contributed by atoms with Gasteiger partial charge in [-0.3, -0.25) is 0 Å². The first kappa shape index (κ1) is 12.8. The van der Waals surface area contributed by atoms with Gasteiger partial charge in [-0.25, -0.2) is 17.9 Å². The minimum atomic E-state index is -3.67. The molecule has 7 heteroatoms. The number of carboxylic acid groups (broad SMARTS) is 1. The van der Waals surface area contributed by atoms with Crippen molar-refractivity contribution in [1.29, 1.82) is 0 Å². The van der Waals surface area contributed by atoms with Crippen molar-refractivity contribution >= 4 is 21.7 Å². The van der Waals surface area contributed by atoms with E-state index < -0.39 is 16.0 Å². The molecule has 1 aromatic rings. The van der Waals surface area contributed by atoms with Crippen LogP contribution in [0.15, 0.2) is 23.1 Å². The Bertz CT molecular complexity index is 597. The molecule has 1 aromatic carbocycles. The minimum Gasteiger partial charge on any atom is -0.478 e. The summed E-state index contributed by atoms with van der Waals surface area (Å²) in [5.74, 6) is -0.811. The maximum atomic E-state index is 12.0. The molecule has 0 amide bonds. The number of benzene rings is 1.